The lowest BCUT2D eigenvalue weighted by Crippen LogP contribution is -2.19. The number of aromatic nitrogens is 1. The number of carboxylic acid groups (broad SMARTS) is 1. The van der Waals surface area contributed by atoms with Crippen LogP contribution in [0.15, 0.2) is 45.8 Å². The average molecular weight is 362 g/mol. The second kappa shape index (κ2) is 5.36. The molecular formula is C13H7BrF3NO3. The molecule has 1 heterocycles. The predicted octanol–water partition coefficient (Wildman–Crippen LogP) is 3.32. The molecule has 0 bridgehead atoms. The predicted molar refractivity (Wildman–Crippen MR) is 71.7 cm³/mol. The molecule has 0 aliphatic carbocycles. The molecule has 21 heavy (non-hydrogen) atoms. The van der Waals surface area contributed by atoms with Crippen LogP contribution in [0, 0.1) is 0 Å². The van der Waals surface area contributed by atoms with Crippen molar-refractivity contribution in [3.63, 3.8) is 0 Å². The van der Waals surface area contributed by atoms with E-state index in [1.807, 2.05) is 0 Å². The lowest BCUT2D eigenvalue weighted by Gasteiger charge is -2.12. The number of benzene rings is 1. The molecule has 0 saturated carbocycles. The molecule has 1 N–H and O–H groups in total. The van der Waals surface area contributed by atoms with Crippen molar-refractivity contribution in [1.29, 1.82) is 0 Å². The maximum absolute atomic E-state index is 12.8. The third-order valence-corrected chi connectivity index (χ3v) is 3.10. The summed E-state index contributed by atoms with van der Waals surface area (Å²) in [6.45, 7) is 0. The Kier molecular flexibility index (Phi) is 3.91. The SMILES string of the molecule is O=C(O)c1ccc(=O)n(-c2cc(Br)cc(C(F)(F)F)c2)c1. The molecule has 0 spiro atoms. The van der Waals surface area contributed by atoms with Crippen LogP contribution in [0.5, 0.6) is 0 Å². The topological polar surface area (TPSA) is 59.3 Å². The fourth-order valence-corrected chi connectivity index (χ4v) is 2.17. The first kappa shape index (κ1) is 15.3. The van der Waals surface area contributed by atoms with E-state index >= 15 is 0 Å². The third kappa shape index (κ3) is 3.33. The highest BCUT2D eigenvalue weighted by molar-refractivity contribution is 9.10. The molecule has 2 rings (SSSR count). The van der Waals surface area contributed by atoms with Crippen molar-refractivity contribution in [3.05, 3.63) is 62.5 Å². The smallest absolute Gasteiger partial charge is 0.416 e. The largest absolute Gasteiger partial charge is 0.478 e. The number of hydrogen-bond donors (Lipinski definition) is 1. The minimum absolute atomic E-state index is 0.0789. The summed E-state index contributed by atoms with van der Waals surface area (Å²) in [7, 11) is 0. The van der Waals surface area contributed by atoms with Gasteiger partial charge in [0.2, 0.25) is 0 Å². The van der Waals surface area contributed by atoms with Gasteiger partial charge in [-0.1, -0.05) is 15.9 Å². The minimum atomic E-state index is -4.58. The third-order valence-electron chi connectivity index (χ3n) is 2.65. The summed E-state index contributed by atoms with van der Waals surface area (Å²) < 4.78 is 39.3. The number of halogens is 4. The van der Waals surface area contributed by atoms with Gasteiger partial charge in [-0.25, -0.2) is 4.79 Å². The molecular weight excluding hydrogens is 355 g/mol. The van der Waals surface area contributed by atoms with Crippen molar-refractivity contribution < 1.29 is 23.1 Å². The van der Waals surface area contributed by atoms with Gasteiger partial charge in [-0.3, -0.25) is 9.36 Å². The van der Waals surface area contributed by atoms with Crippen LogP contribution >= 0.6 is 15.9 Å². The van der Waals surface area contributed by atoms with E-state index in [1.54, 1.807) is 0 Å². The Labute approximate surface area is 124 Å². The van der Waals surface area contributed by atoms with Crippen LogP contribution in [0.4, 0.5) is 13.2 Å². The van der Waals surface area contributed by atoms with E-state index in [0.29, 0.717) is 0 Å². The number of aromatic carboxylic acids is 1. The molecule has 0 aliphatic heterocycles. The Morgan fingerprint density at radius 2 is 1.86 bits per heavy atom. The maximum atomic E-state index is 12.8. The zero-order chi connectivity index (χ0) is 15.8. The number of carbonyl (C=O) groups is 1. The van der Waals surface area contributed by atoms with Gasteiger partial charge in [0.05, 0.1) is 16.8 Å². The normalized spacial score (nSPS) is 11.4. The van der Waals surface area contributed by atoms with Gasteiger partial charge in [-0.2, -0.15) is 13.2 Å². The summed E-state index contributed by atoms with van der Waals surface area (Å²) in [5.74, 6) is -1.28. The van der Waals surface area contributed by atoms with E-state index in [2.05, 4.69) is 15.9 Å². The van der Waals surface area contributed by atoms with Crippen molar-refractivity contribution in [2.24, 2.45) is 0 Å². The summed E-state index contributed by atoms with van der Waals surface area (Å²) in [5.41, 5.74) is -1.86. The Morgan fingerprint density at radius 3 is 2.43 bits per heavy atom. The van der Waals surface area contributed by atoms with Crippen LogP contribution < -0.4 is 5.56 Å². The van der Waals surface area contributed by atoms with Gasteiger partial charge in [-0.05, 0) is 24.3 Å². The van der Waals surface area contributed by atoms with Gasteiger partial charge in [-0.15, -0.1) is 0 Å². The van der Waals surface area contributed by atoms with E-state index in [1.165, 1.54) is 6.07 Å². The molecule has 110 valence electrons. The van der Waals surface area contributed by atoms with Gasteiger partial charge in [0.25, 0.3) is 5.56 Å². The van der Waals surface area contributed by atoms with E-state index in [-0.39, 0.29) is 15.7 Å². The summed E-state index contributed by atoms with van der Waals surface area (Å²) in [4.78, 5) is 22.6. The van der Waals surface area contributed by atoms with Gasteiger partial charge < -0.3 is 5.11 Å². The average Bonchev–Trinajstić information content (AvgIpc) is 2.37. The lowest BCUT2D eigenvalue weighted by molar-refractivity contribution is -0.137. The van der Waals surface area contributed by atoms with Gasteiger partial charge in [0.15, 0.2) is 0 Å². The number of nitrogens with zero attached hydrogens (tertiary/aromatic N) is 1. The molecule has 0 radical (unpaired) electrons. The van der Waals surface area contributed by atoms with Crippen molar-refractivity contribution >= 4 is 21.9 Å². The molecule has 1 aromatic heterocycles. The summed E-state index contributed by atoms with van der Waals surface area (Å²) >= 11 is 2.94. The molecule has 2 aromatic rings. The molecule has 0 aliphatic rings. The highest BCUT2D eigenvalue weighted by atomic mass is 79.9. The van der Waals surface area contributed by atoms with E-state index in [0.717, 1.165) is 35.0 Å². The molecule has 4 nitrogen and oxygen atoms in total. The zero-order valence-electron chi connectivity index (χ0n) is 10.2. The van der Waals surface area contributed by atoms with E-state index in [9.17, 15) is 22.8 Å². The first-order chi connectivity index (χ1) is 9.68. The first-order valence-electron chi connectivity index (χ1n) is 5.52. The molecule has 8 heteroatoms. The number of hydrogen-bond acceptors (Lipinski definition) is 2. The van der Waals surface area contributed by atoms with Crippen LogP contribution in [-0.2, 0) is 6.18 Å². The first-order valence-corrected chi connectivity index (χ1v) is 6.32. The van der Waals surface area contributed by atoms with Crippen molar-refractivity contribution in [2.45, 2.75) is 6.18 Å². The molecule has 0 amide bonds. The zero-order valence-corrected chi connectivity index (χ0v) is 11.8. The van der Waals surface area contributed by atoms with Crippen LogP contribution in [0.2, 0.25) is 0 Å². The second-order valence-corrected chi connectivity index (χ2v) is 5.04. The Balaban J connectivity index is 2.67. The Bertz CT molecular complexity index is 768. The van der Waals surface area contributed by atoms with Crippen molar-refractivity contribution in [2.75, 3.05) is 0 Å². The van der Waals surface area contributed by atoms with Crippen LogP contribution in [0.3, 0.4) is 0 Å². The number of carboxylic acids is 1. The van der Waals surface area contributed by atoms with Gasteiger partial charge >= 0.3 is 12.1 Å². The molecule has 0 fully saturated rings. The molecule has 0 atom stereocenters. The second-order valence-electron chi connectivity index (χ2n) is 4.13. The number of pyridine rings is 1. The summed E-state index contributed by atoms with van der Waals surface area (Å²) in [6, 6.07) is 5.01. The monoisotopic (exact) mass is 361 g/mol. The van der Waals surface area contributed by atoms with Crippen molar-refractivity contribution in [3.8, 4) is 5.69 Å². The fraction of sp³-hybridized carbons (Fsp3) is 0.0769. The lowest BCUT2D eigenvalue weighted by atomic mass is 10.2. The standard InChI is InChI=1S/C13H7BrF3NO3/c14-9-3-8(13(15,16)17)4-10(5-9)18-6-7(12(20)21)1-2-11(18)19/h1-6H,(H,20,21). The Hall–Kier alpha value is -2.09. The van der Waals surface area contributed by atoms with E-state index in [4.69, 9.17) is 5.11 Å². The summed E-state index contributed by atoms with van der Waals surface area (Å²) in [5, 5.41) is 8.88. The molecule has 0 unspecified atom stereocenters. The van der Waals surface area contributed by atoms with Crippen LogP contribution in [0.1, 0.15) is 15.9 Å². The van der Waals surface area contributed by atoms with Gasteiger partial charge in [0.1, 0.15) is 0 Å². The quantitative estimate of drug-likeness (QED) is 0.892. The van der Waals surface area contributed by atoms with Crippen LogP contribution in [0.25, 0.3) is 5.69 Å². The van der Waals surface area contributed by atoms with Gasteiger partial charge in [0, 0.05) is 16.7 Å². The minimum Gasteiger partial charge on any atom is -0.478 e. The number of rotatable bonds is 2. The maximum Gasteiger partial charge on any atom is 0.416 e. The molecule has 0 saturated heterocycles. The number of alkyl halides is 3. The highest BCUT2D eigenvalue weighted by Crippen LogP contribution is 2.32. The highest BCUT2D eigenvalue weighted by Gasteiger charge is 2.31. The molecule has 1 aromatic carbocycles. The van der Waals surface area contributed by atoms with Crippen LogP contribution in [-0.4, -0.2) is 15.6 Å². The fourth-order valence-electron chi connectivity index (χ4n) is 1.69. The summed E-state index contributed by atoms with van der Waals surface area (Å²) in [6.07, 6.45) is -3.60. The Morgan fingerprint density at radius 1 is 1.19 bits per heavy atom. The van der Waals surface area contributed by atoms with E-state index < -0.39 is 23.3 Å². The van der Waals surface area contributed by atoms with Crippen molar-refractivity contribution in [1.82, 2.24) is 4.57 Å².